The Labute approximate surface area is 228 Å². The number of methoxy groups -OCH3 is 1. The molecule has 1 unspecified atom stereocenters. The Morgan fingerprint density at radius 1 is 1.18 bits per heavy atom. The highest BCUT2D eigenvalue weighted by Gasteiger charge is 2.55. The zero-order chi connectivity index (χ0) is 29.1. The summed E-state index contributed by atoms with van der Waals surface area (Å²) in [6, 6.07) is 8.36. The third kappa shape index (κ3) is 6.52. The zero-order valence-electron chi connectivity index (χ0n) is 21.5. The molecule has 8 nitrogen and oxygen atoms in total. The number of sulfonamides is 1. The van der Waals surface area contributed by atoms with Gasteiger partial charge in [0.05, 0.1) is 32.2 Å². The van der Waals surface area contributed by atoms with Crippen molar-refractivity contribution in [3.63, 3.8) is 0 Å². The van der Waals surface area contributed by atoms with Crippen LogP contribution in [0.1, 0.15) is 12.0 Å². The molecule has 0 fully saturated rings. The number of nitrogens with zero attached hydrogens (tertiary/aromatic N) is 3. The van der Waals surface area contributed by atoms with Gasteiger partial charge < -0.3 is 9.84 Å². The smallest absolute Gasteiger partial charge is 0.276 e. The number of halogens is 4. The van der Waals surface area contributed by atoms with E-state index in [-0.39, 0.29) is 24.3 Å². The topological polar surface area (TPSA) is 105 Å². The maximum absolute atomic E-state index is 14.4. The number of hydrogen-bond donors (Lipinski definition) is 2. The first-order chi connectivity index (χ1) is 18.8. The predicted molar refractivity (Wildman–Crippen MR) is 143 cm³/mol. The van der Waals surface area contributed by atoms with E-state index in [1.54, 1.807) is 30.5 Å². The summed E-state index contributed by atoms with van der Waals surface area (Å²) in [5.74, 6) is -2.08. The first kappa shape index (κ1) is 29.3. The Balaban J connectivity index is 1.69. The Morgan fingerprint density at radius 3 is 2.65 bits per heavy atom. The number of rotatable bonds is 8. The molecule has 1 aliphatic carbocycles. The van der Waals surface area contributed by atoms with E-state index in [9.17, 15) is 26.0 Å². The summed E-state index contributed by atoms with van der Waals surface area (Å²) >= 11 is 0. The minimum atomic E-state index is -4.88. The molecule has 212 valence electrons. The molecule has 0 aliphatic heterocycles. The summed E-state index contributed by atoms with van der Waals surface area (Å²) in [5.41, 5.74) is 2.13. The number of anilines is 1. The van der Waals surface area contributed by atoms with E-state index < -0.39 is 33.5 Å². The summed E-state index contributed by atoms with van der Waals surface area (Å²) in [6.45, 7) is 0.931. The van der Waals surface area contributed by atoms with Crippen LogP contribution in [0.3, 0.4) is 0 Å². The van der Waals surface area contributed by atoms with Gasteiger partial charge in [0.15, 0.2) is 5.25 Å². The van der Waals surface area contributed by atoms with Crippen molar-refractivity contribution in [2.45, 2.75) is 23.5 Å². The van der Waals surface area contributed by atoms with Gasteiger partial charge in [-0.25, -0.2) is 31.0 Å². The number of ether oxygens (including phenoxy) is 1. The summed E-state index contributed by atoms with van der Waals surface area (Å²) < 4.78 is 88.8. The van der Waals surface area contributed by atoms with Crippen molar-refractivity contribution >= 4 is 26.6 Å². The van der Waals surface area contributed by atoms with Crippen LogP contribution in [-0.2, 0) is 10.0 Å². The number of aromatic nitrogens is 2. The molecule has 0 bridgehead atoms. The highest BCUT2D eigenvalue weighted by Crippen LogP contribution is 2.42. The van der Waals surface area contributed by atoms with Crippen LogP contribution in [0.4, 0.5) is 23.2 Å². The van der Waals surface area contributed by atoms with Gasteiger partial charge in [-0.15, -0.1) is 0 Å². The number of pyridine rings is 2. The molecule has 2 aromatic heterocycles. The minimum absolute atomic E-state index is 0.0174. The van der Waals surface area contributed by atoms with Gasteiger partial charge in [0.25, 0.3) is 11.8 Å². The number of aliphatic hydroxyl groups is 1. The lowest BCUT2D eigenvalue weighted by molar-refractivity contribution is -0.0896. The third-order valence-corrected chi connectivity index (χ3v) is 7.84. The molecule has 0 saturated heterocycles. The van der Waals surface area contributed by atoms with E-state index in [1.807, 2.05) is 16.7 Å². The highest BCUT2D eigenvalue weighted by atomic mass is 32.2. The Hall–Kier alpha value is -3.73. The number of aliphatic hydroxyl groups excluding tert-OH is 1. The van der Waals surface area contributed by atoms with Crippen molar-refractivity contribution < 1.29 is 35.8 Å². The second kappa shape index (κ2) is 11.4. The van der Waals surface area contributed by atoms with Crippen LogP contribution >= 0.6 is 0 Å². The molecule has 40 heavy (non-hydrogen) atoms. The van der Waals surface area contributed by atoms with E-state index >= 15 is 0 Å². The van der Waals surface area contributed by atoms with Crippen molar-refractivity contribution in [1.29, 1.82) is 0 Å². The second-order valence-electron chi connectivity index (χ2n) is 9.26. The lowest BCUT2D eigenvalue weighted by Gasteiger charge is -2.31. The Morgan fingerprint density at radius 2 is 1.95 bits per heavy atom. The summed E-state index contributed by atoms with van der Waals surface area (Å²) in [4.78, 5) is 10.3. The van der Waals surface area contributed by atoms with Crippen molar-refractivity contribution in [2.24, 2.45) is 0 Å². The number of fused-ring (bicyclic) bond motifs is 1. The van der Waals surface area contributed by atoms with Gasteiger partial charge in [-0.05, 0) is 43.0 Å². The molecule has 4 rings (SSSR count). The summed E-state index contributed by atoms with van der Waals surface area (Å²) in [6.07, 6.45) is 1.59. The molecule has 1 atom stereocenters. The number of allylic oxidation sites excluding steroid dienone is 1. The second-order valence-corrected chi connectivity index (χ2v) is 11.1. The summed E-state index contributed by atoms with van der Waals surface area (Å²) in [5, 5.41) is 7.24. The van der Waals surface area contributed by atoms with Gasteiger partial charge in [-0.2, -0.15) is 0 Å². The Bertz CT molecular complexity index is 1600. The minimum Gasteiger partial charge on any atom is -0.480 e. The lowest BCUT2D eigenvalue weighted by Crippen LogP contribution is -2.47. The Kier molecular flexibility index (Phi) is 8.34. The van der Waals surface area contributed by atoms with Crippen molar-refractivity contribution in [3.05, 3.63) is 60.4 Å². The zero-order valence-corrected chi connectivity index (χ0v) is 22.4. The number of likely N-dealkylation sites (N-methyl/N-ethyl adjacent to an activating group) is 1. The first-order valence-corrected chi connectivity index (χ1v) is 13.6. The van der Waals surface area contributed by atoms with Crippen LogP contribution in [-0.4, -0.2) is 79.3 Å². The van der Waals surface area contributed by atoms with E-state index in [2.05, 4.69) is 21.8 Å². The summed E-state index contributed by atoms with van der Waals surface area (Å²) in [7, 11) is -1.82. The molecule has 1 aliphatic rings. The van der Waals surface area contributed by atoms with E-state index in [4.69, 9.17) is 9.84 Å². The fourth-order valence-electron chi connectivity index (χ4n) is 4.19. The van der Waals surface area contributed by atoms with Crippen LogP contribution in [0.2, 0.25) is 0 Å². The predicted octanol–water partition coefficient (Wildman–Crippen LogP) is 3.92. The normalized spacial score (nSPS) is 17.9. The fraction of sp³-hybridized carbons (Fsp3) is 0.333. The quantitative estimate of drug-likeness (QED) is 0.237. The maximum atomic E-state index is 14.4. The van der Waals surface area contributed by atoms with E-state index in [0.29, 0.717) is 46.8 Å². The van der Waals surface area contributed by atoms with Gasteiger partial charge >= 0.3 is 0 Å². The van der Waals surface area contributed by atoms with Gasteiger partial charge in [0, 0.05) is 35.5 Å². The largest absolute Gasteiger partial charge is 0.480 e. The molecule has 2 N–H and O–H groups in total. The SMILES string of the molecule is COc1ncc(-c2ccc3nccc(C#CCN(C)CCO)c3c2)cc1NS(=O)(=O)C1C=CC(F)(F)CC1(F)F. The molecular formula is C27H26F4N4O4S. The van der Waals surface area contributed by atoms with Gasteiger partial charge in [-0.1, -0.05) is 24.0 Å². The molecule has 1 aromatic carbocycles. The number of alkyl halides is 4. The van der Waals surface area contributed by atoms with Crippen LogP contribution in [0.5, 0.6) is 5.88 Å². The monoisotopic (exact) mass is 578 g/mol. The standard InChI is InChI=1S/C27H26F4N4O4S/c1-35(12-13-36)11-3-4-18-8-10-32-22-6-5-19(14-21(18)22)20-15-23(25(39-2)33-16-20)34-40(37,38)24-7-9-26(28,29)17-27(24,30)31/h5-10,14-16,24,34,36H,11-13,17H2,1-2H3. The number of benzene rings is 1. The maximum Gasteiger partial charge on any atom is 0.276 e. The molecule has 0 radical (unpaired) electrons. The molecule has 13 heteroatoms. The molecule has 3 aromatic rings. The van der Waals surface area contributed by atoms with Gasteiger partial charge in [0.1, 0.15) is 5.69 Å². The van der Waals surface area contributed by atoms with Crippen molar-refractivity contribution in [3.8, 4) is 28.8 Å². The fourth-order valence-corrected chi connectivity index (χ4v) is 5.59. The molecule has 0 amide bonds. The number of hydrogen-bond acceptors (Lipinski definition) is 7. The average Bonchev–Trinajstić information content (AvgIpc) is 2.87. The van der Waals surface area contributed by atoms with Crippen LogP contribution in [0, 0.1) is 11.8 Å². The van der Waals surface area contributed by atoms with Crippen LogP contribution < -0.4 is 9.46 Å². The molecule has 0 spiro atoms. The first-order valence-electron chi connectivity index (χ1n) is 12.0. The van der Waals surface area contributed by atoms with Gasteiger partial charge in [-0.3, -0.25) is 14.6 Å². The lowest BCUT2D eigenvalue weighted by atomic mass is 10.00. The van der Waals surface area contributed by atoms with Crippen molar-refractivity contribution in [1.82, 2.24) is 14.9 Å². The molecule has 0 saturated carbocycles. The van der Waals surface area contributed by atoms with E-state index in [0.717, 1.165) is 0 Å². The molecule has 2 heterocycles. The van der Waals surface area contributed by atoms with E-state index in [1.165, 1.54) is 19.4 Å². The van der Waals surface area contributed by atoms with Crippen molar-refractivity contribution in [2.75, 3.05) is 38.6 Å². The highest BCUT2D eigenvalue weighted by molar-refractivity contribution is 7.93. The van der Waals surface area contributed by atoms with Crippen LogP contribution in [0.15, 0.2) is 54.9 Å². The third-order valence-electron chi connectivity index (χ3n) is 6.16. The average molecular weight is 579 g/mol. The number of nitrogens with one attached hydrogen (secondary N) is 1. The van der Waals surface area contributed by atoms with Gasteiger partial charge in [0.2, 0.25) is 15.9 Å². The molecular weight excluding hydrogens is 552 g/mol. The van der Waals surface area contributed by atoms with Crippen LogP contribution in [0.25, 0.3) is 22.0 Å².